The number of hydrogen-bond acceptors (Lipinski definition) is 5. The van der Waals surface area contributed by atoms with Crippen LogP contribution in [0.5, 0.6) is 0 Å². The predicted octanol–water partition coefficient (Wildman–Crippen LogP) is 11.2. The predicted molar refractivity (Wildman–Crippen MR) is 187 cm³/mol. The molecule has 44 heavy (non-hydrogen) atoms. The van der Waals surface area contributed by atoms with Crippen LogP contribution in [0.1, 0.15) is 194 Å². The van der Waals surface area contributed by atoms with Crippen LogP contribution in [0.15, 0.2) is 0 Å². The second-order valence-corrected chi connectivity index (χ2v) is 14.2. The fourth-order valence-electron chi connectivity index (χ4n) is 6.86. The largest absolute Gasteiger partial charge is 0.466 e. The van der Waals surface area contributed by atoms with Crippen molar-refractivity contribution >= 4 is 11.9 Å². The molecule has 0 bridgehead atoms. The Bertz CT molecular complexity index is 669. The fourth-order valence-corrected chi connectivity index (χ4v) is 6.86. The molecule has 0 aromatic heterocycles. The zero-order valence-corrected chi connectivity index (χ0v) is 30.0. The first-order chi connectivity index (χ1) is 21.5. The molecule has 5 heteroatoms. The maximum absolute atomic E-state index is 12.8. The van der Waals surface area contributed by atoms with Crippen LogP contribution >= 0.6 is 0 Å². The van der Waals surface area contributed by atoms with Gasteiger partial charge in [-0.3, -0.25) is 9.59 Å². The van der Waals surface area contributed by atoms with Gasteiger partial charge < -0.3 is 14.4 Å². The highest BCUT2D eigenvalue weighted by Gasteiger charge is 2.23. The van der Waals surface area contributed by atoms with E-state index in [1.807, 2.05) is 0 Å². The summed E-state index contributed by atoms with van der Waals surface area (Å²) in [4.78, 5) is 27.6. The summed E-state index contributed by atoms with van der Waals surface area (Å²) >= 11 is 0. The van der Waals surface area contributed by atoms with E-state index in [1.54, 1.807) is 0 Å². The van der Waals surface area contributed by atoms with Crippen molar-refractivity contribution in [3.8, 4) is 0 Å². The van der Waals surface area contributed by atoms with E-state index in [0.717, 1.165) is 58.0 Å². The molecule has 1 aliphatic heterocycles. The minimum absolute atomic E-state index is 0.0126. The number of rotatable bonds is 30. The number of piperidine rings is 1. The Hall–Kier alpha value is -1.10. The summed E-state index contributed by atoms with van der Waals surface area (Å²) in [5.41, 5.74) is 0. The van der Waals surface area contributed by atoms with Gasteiger partial charge in [-0.2, -0.15) is 0 Å². The van der Waals surface area contributed by atoms with Crippen molar-refractivity contribution in [1.82, 2.24) is 4.90 Å². The average molecular weight is 622 g/mol. The van der Waals surface area contributed by atoms with Crippen LogP contribution in [0.25, 0.3) is 0 Å². The number of esters is 2. The molecule has 5 nitrogen and oxygen atoms in total. The first-order valence-electron chi connectivity index (χ1n) is 19.5. The summed E-state index contributed by atoms with van der Waals surface area (Å²) < 4.78 is 11.7. The molecule has 3 atom stereocenters. The van der Waals surface area contributed by atoms with Crippen molar-refractivity contribution in [2.75, 3.05) is 26.7 Å². The number of carbonyl (C=O) groups is 2. The van der Waals surface area contributed by atoms with Crippen LogP contribution in [0.4, 0.5) is 0 Å². The average Bonchev–Trinajstić information content (AvgIpc) is 3.00. The van der Waals surface area contributed by atoms with Crippen molar-refractivity contribution in [3.05, 3.63) is 0 Å². The monoisotopic (exact) mass is 622 g/mol. The van der Waals surface area contributed by atoms with E-state index in [4.69, 9.17) is 9.47 Å². The molecule has 0 amide bonds. The molecule has 0 aliphatic carbocycles. The van der Waals surface area contributed by atoms with Crippen LogP contribution in [-0.4, -0.2) is 49.7 Å². The minimum atomic E-state index is 0.0126. The lowest BCUT2D eigenvalue weighted by Gasteiger charge is -2.29. The third-order valence-corrected chi connectivity index (χ3v) is 9.68. The number of nitrogens with zero attached hydrogens (tertiary/aromatic N) is 1. The maximum atomic E-state index is 12.8. The van der Waals surface area contributed by atoms with Gasteiger partial charge in [-0.25, -0.2) is 0 Å². The van der Waals surface area contributed by atoms with Crippen molar-refractivity contribution in [1.29, 1.82) is 0 Å². The second-order valence-electron chi connectivity index (χ2n) is 14.2. The lowest BCUT2D eigenvalue weighted by atomic mass is 9.92. The molecular formula is C39H75NO4. The Morgan fingerprint density at radius 3 is 1.80 bits per heavy atom. The SMILES string of the molecule is CCCCCCCCCC(CCCCCCCCOC(=O)CC(CCCC)CCCCCC)OC(=O)CC1CCCN(C)C1. The molecule has 0 aromatic carbocycles. The molecule has 1 fully saturated rings. The van der Waals surface area contributed by atoms with Crippen LogP contribution in [-0.2, 0) is 19.1 Å². The van der Waals surface area contributed by atoms with Gasteiger partial charge in [0.25, 0.3) is 0 Å². The van der Waals surface area contributed by atoms with Crippen LogP contribution in [0.3, 0.4) is 0 Å². The second kappa shape index (κ2) is 29.3. The van der Waals surface area contributed by atoms with Gasteiger partial charge in [0, 0.05) is 19.4 Å². The summed E-state index contributed by atoms with van der Waals surface area (Å²) in [6.45, 7) is 9.49. The molecule has 0 radical (unpaired) electrons. The van der Waals surface area contributed by atoms with Gasteiger partial charge in [0.1, 0.15) is 6.10 Å². The Balaban J connectivity index is 2.23. The van der Waals surface area contributed by atoms with Crippen molar-refractivity contribution in [2.45, 2.75) is 200 Å². The smallest absolute Gasteiger partial charge is 0.306 e. The number of likely N-dealkylation sites (tertiary alicyclic amines) is 1. The number of unbranched alkanes of at least 4 members (excludes halogenated alkanes) is 15. The Labute approximate surface area is 274 Å². The van der Waals surface area contributed by atoms with E-state index >= 15 is 0 Å². The molecule has 0 saturated carbocycles. The van der Waals surface area contributed by atoms with Gasteiger partial charge >= 0.3 is 11.9 Å². The van der Waals surface area contributed by atoms with Crippen molar-refractivity contribution in [2.24, 2.45) is 11.8 Å². The van der Waals surface area contributed by atoms with Crippen LogP contribution < -0.4 is 0 Å². The van der Waals surface area contributed by atoms with Gasteiger partial charge in [-0.1, -0.05) is 124 Å². The first kappa shape index (κ1) is 40.9. The van der Waals surface area contributed by atoms with Crippen molar-refractivity contribution in [3.63, 3.8) is 0 Å². The van der Waals surface area contributed by atoms with Gasteiger partial charge in [0.2, 0.25) is 0 Å². The van der Waals surface area contributed by atoms with Gasteiger partial charge in [0.05, 0.1) is 6.61 Å². The molecule has 0 aromatic rings. The highest BCUT2D eigenvalue weighted by Crippen LogP contribution is 2.23. The van der Waals surface area contributed by atoms with E-state index in [2.05, 4.69) is 32.7 Å². The molecule has 1 rings (SSSR count). The van der Waals surface area contributed by atoms with E-state index in [9.17, 15) is 9.59 Å². The molecular weight excluding hydrogens is 546 g/mol. The number of hydrogen-bond donors (Lipinski definition) is 0. The molecule has 3 unspecified atom stereocenters. The fraction of sp³-hybridized carbons (Fsp3) is 0.949. The van der Waals surface area contributed by atoms with E-state index < -0.39 is 0 Å². The quantitative estimate of drug-likeness (QED) is 0.0590. The van der Waals surface area contributed by atoms with Crippen LogP contribution in [0, 0.1) is 11.8 Å². The summed E-state index contributed by atoms with van der Waals surface area (Å²) in [6, 6.07) is 0. The molecule has 1 heterocycles. The molecule has 1 saturated heterocycles. The molecule has 260 valence electrons. The van der Waals surface area contributed by atoms with Gasteiger partial charge in [-0.05, 0) is 83.2 Å². The van der Waals surface area contributed by atoms with E-state index in [1.165, 1.54) is 116 Å². The lowest BCUT2D eigenvalue weighted by molar-refractivity contribution is -0.151. The summed E-state index contributed by atoms with van der Waals surface area (Å²) in [6.07, 6.45) is 31.4. The highest BCUT2D eigenvalue weighted by molar-refractivity contribution is 5.70. The Kier molecular flexibility index (Phi) is 27.3. The molecule has 0 spiro atoms. The highest BCUT2D eigenvalue weighted by atomic mass is 16.5. The summed E-state index contributed by atoms with van der Waals surface area (Å²) in [7, 11) is 2.16. The number of ether oxygens (including phenoxy) is 2. The van der Waals surface area contributed by atoms with Crippen molar-refractivity contribution < 1.29 is 19.1 Å². The van der Waals surface area contributed by atoms with Gasteiger partial charge in [-0.15, -0.1) is 0 Å². The maximum Gasteiger partial charge on any atom is 0.306 e. The third-order valence-electron chi connectivity index (χ3n) is 9.68. The van der Waals surface area contributed by atoms with E-state index in [-0.39, 0.29) is 18.0 Å². The summed E-state index contributed by atoms with van der Waals surface area (Å²) in [5.74, 6) is 1.000. The molecule has 1 aliphatic rings. The molecule has 0 N–H and O–H groups in total. The first-order valence-corrected chi connectivity index (χ1v) is 19.5. The Morgan fingerprint density at radius 1 is 0.659 bits per heavy atom. The Morgan fingerprint density at radius 2 is 1.18 bits per heavy atom. The lowest BCUT2D eigenvalue weighted by Crippen LogP contribution is -2.33. The van der Waals surface area contributed by atoms with Gasteiger partial charge in [0.15, 0.2) is 0 Å². The third kappa shape index (κ3) is 24.2. The summed E-state index contributed by atoms with van der Waals surface area (Å²) in [5, 5.41) is 0. The van der Waals surface area contributed by atoms with Crippen LogP contribution in [0.2, 0.25) is 0 Å². The topological polar surface area (TPSA) is 55.8 Å². The zero-order chi connectivity index (χ0) is 32.1. The number of carbonyl (C=O) groups excluding carboxylic acids is 2. The standard InChI is InChI=1S/C39H75NO4/c1-5-8-11-13-14-17-21-28-37(44-39(42)33-36-27-24-30-40(4)34-36)29-22-18-15-16-19-23-31-43-38(41)32-35(25-10-7-3)26-20-12-9-6-2/h35-37H,5-34H2,1-4H3. The minimum Gasteiger partial charge on any atom is -0.466 e. The van der Waals surface area contributed by atoms with E-state index in [0.29, 0.717) is 31.3 Å². The normalized spacial score (nSPS) is 17.0. The zero-order valence-electron chi connectivity index (χ0n) is 30.0.